The fraction of sp³-hybridized carbons (Fsp3) is 0.200. The number of hydrogen-bond acceptors (Lipinski definition) is 10. The Morgan fingerprint density at radius 2 is 1.24 bits per heavy atom. The lowest BCUT2D eigenvalue weighted by atomic mass is 10.2. The molecule has 234 valence electrons. The van der Waals surface area contributed by atoms with Crippen molar-refractivity contribution in [3.63, 3.8) is 0 Å². The van der Waals surface area contributed by atoms with E-state index in [1.807, 2.05) is 0 Å². The van der Waals surface area contributed by atoms with Gasteiger partial charge in [-0.2, -0.15) is 0 Å². The Morgan fingerprint density at radius 1 is 0.689 bits per heavy atom. The van der Waals surface area contributed by atoms with Crippen LogP contribution in [0, 0.1) is 6.92 Å². The maximum Gasteiger partial charge on any atom is 0.343 e. The normalized spacial score (nSPS) is 10.5. The predicted molar refractivity (Wildman–Crippen MR) is 165 cm³/mol. The molecule has 0 saturated heterocycles. The maximum atomic E-state index is 12.7. The van der Waals surface area contributed by atoms with Crippen LogP contribution in [-0.4, -0.2) is 43.7 Å². The van der Waals surface area contributed by atoms with E-state index in [9.17, 15) is 19.2 Å². The molecule has 3 aromatic rings. The number of rotatable bonds is 15. The molecule has 0 heterocycles. The van der Waals surface area contributed by atoms with E-state index in [1.165, 1.54) is 18.4 Å². The molecule has 0 radical (unpaired) electrons. The van der Waals surface area contributed by atoms with Gasteiger partial charge in [0.15, 0.2) is 0 Å². The molecule has 10 nitrogen and oxygen atoms in total. The second-order valence-corrected chi connectivity index (χ2v) is 9.74. The van der Waals surface area contributed by atoms with Crippen molar-refractivity contribution >= 4 is 23.9 Å². The lowest BCUT2D eigenvalue weighted by Gasteiger charge is -2.11. The van der Waals surface area contributed by atoms with E-state index >= 15 is 0 Å². The van der Waals surface area contributed by atoms with Crippen LogP contribution in [-0.2, 0) is 19.1 Å². The molecule has 0 aliphatic heterocycles. The van der Waals surface area contributed by atoms with Crippen LogP contribution in [0.5, 0.6) is 23.0 Å². The Balaban J connectivity index is 1.45. The Hall–Kier alpha value is -5.64. The summed E-state index contributed by atoms with van der Waals surface area (Å²) in [4.78, 5) is 48.0. The van der Waals surface area contributed by atoms with E-state index in [4.69, 9.17) is 28.4 Å². The summed E-state index contributed by atoms with van der Waals surface area (Å²) in [5.41, 5.74) is 1.86. The summed E-state index contributed by atoms with van der Waals surface area (Å²) in [6.45, 7) is 12.5. The number of benzene rings is 3. The molecular formula is C35H34O10. The van der Waals surface area contributed by atoms with Gasteiger partial charge in [-0.05, 0) is 99.1 Å². The molecule has 0 saturated carbocycles. The number of carbonyl (C=O) groups is 4. The van der Waals surface area contributed by atoms with Crippen LogP contribution in [0.3, 0.4) is 0 Å². The molecule has 0 aliphatic carbocycles. The van der Waals surface area contributed by atoms with Crippen LogP contribution >= 0.6 is 0 Å². The smallest absolute Gasteiger partial charge is 0.343 e. The molecule has 0 amide bonds. The third-order valence-electron chi connectivity index (χ3n) is 5.84. The summed E-state index contributed by atoms with van der Waals surface area (Å²) in [5, 5.41) is 0. The highest BCUT2D eigenvalue weighted by atomic mass is 16.5. The van der Waals surface area contributed by atoms with Crippen molar-refractivity contribution < 1.29 is 47.6 Å². The molecule has 0 spiro atoms. The molecule has 0 bridgehead atoms. The summed E-state index contributed by atoms with van der Waals surface area (Å²) in [5.74, 6) is -0.458. The van der Waals surface area contributed by atoms with Gasteiger partial charge >= 0.3 is 23.9 Å². The molecule has 0 N–H and O–H groups in total. The van der Waals surface area contributed by atoms with Crippen LogP contribution in [0.1, 0.15) is 46.5 Å². The average Bonchev–Trinajstić information content (AvgIpc) is 3.02. The van der Waals surface area contributed by atoms with E-state index in [2.05, 4.69) is 13.2 Å². The van der Waals surface area contributed by atoms with E-state index in [1.54, 1.807) is 81.4 Å². The Kier molecular flexibility index (Phi) is 12.7. The fourth-order valence-electron chi connectivity index (χ4n) is 3.43. The first-order valence-electron chi connectivity index (χ1n) is 13.9. The Bertz CT molecular complexity index is 1570. The molecule has 0 unspecified atom stereocenters. The van der Waals surface area contributed by atoms with Gasteiger partial charge in [0.25, 0.3) is 0 Å². The van der Waals surface area contributed by atoms with Gasteiger partial charge in [-0.25, -0.2) is 19.2 Å². The zero-order valence-corrected chi connectivity index (χ0v) is 25.3. The Morgan fingerprint density at radius 3 is 1.84 bits per heavy atom. The van der Waals surface area contributed by atoms with Gasteiger partial charge in [0, 0.05) is 17.6 Å². The molecule has 0 aliphatic rings. The number of ether oxygens (including phenoxy) is 6. The maximum absolute atomic E-state index is 12.7. The molecule has 0 atom stereocenters. The van der Waals surface area contributed by atoms with Crippen LogP contribution in [0.2, 0.25) is 0 Å². The second-order valence-electron chi connectivity index (χ2n) is 9.74. The molecule has 0 fully saturated rings. The van der Waals surface area contributed by atoms with Gasteiger partial charge in [0.05, 0.1) is 30.6 Å². The standard InChI is InChI=1S/C35H34O10/c1-23(2)32(36)42-20-6-18-40-28-12-8-26(9-13-28)34(38)44-30-16-17-31(25(5)22-30)45-35(39)27-10-14-29(15-11-27)41-19-7-21-43-33(37)24(3)4/h6,8-18,22H,1,3,7,19-21H2,2,4-5H3/b18-6+. The van der Waals surface area contributed by atoms with Gasteiger partial charge in [-0.1, -0.05) is 13.2 Å². The van der Waals surface area contributed by atoms with Crippen LogP contribution < -0.4 is 18.9 Å². The minimum absolute atomic E-state index is 0.0379. The van der Waals surface area contributed by atoms with Gasteiger partial charge < -0.3 is 28.4 Å². The van der Waals surface area contributed by atoms with Crippen molar-refractivity contribution in [3.8, 4) is 23.0 Å². The molecule has 3 rings (SSSR count). The summed E-state index contributed by atoms with van der Waals surface area (Å²) >= 11 is 0. The van der Waals surface area contributed by atoms with Crippen molar-refractivity contribution in [1.29, 1.82) is 0 Å². The summed E-state index contributed by atoms with van der Waals surface area (Å²) in [6, 6.07) is 17.4. The summed E-state index contributed by atoms with van der Waals surface area (Å²) in [6.07, 6.45) is 3.40. The molecule has 10 heteroatoms. The number of esters is 4. The van der Waals surface area contributed by atoms with Gasteiger partial charge in [-0.15, -0.1) is 0 Å². The van der Waals surface area contributed by atoms with Crippen molar-refractivity contribution in [2.45, 2.75) is 27.2 Å². The second kappa shape index (κ2) is 16.9. The summed E-state index contributed by atoms with van der Waals surface area (Å²) < 4.78 is 32.0. The quantitative estimate of drug-likeness (QED) is 0.0630. The topological polar surface area (TPSA) is 124 Å². The van der Waals surface area contributed by atoms with Gasteiger partial charge in [0.1, 0.15) is 29.6 Å². The van der Waals surface area contributed by atoms with Crippen molar-refractivity contribution in [1.82, 2.24) is 0 Å². The highest BCUT2D eigenvalue weighted by Crippen LogP contribution is 2.26. The SMILES string of the molecule is C=C(C)C(=O)OC/C=C/Oc1ccc(C(=O)Oc2ccc(OC(=O)c3ccc(OCCCOC(=O)C(=C)C)cc3)c(C)c2)cc1. The average molecular weight is 615 g/mol. The van der Waals surface area contributed by atoms with E-state index in [0.29, 0.717) is 58.1 Å². The van der Waals surface area contributed by atoms with Crippen LogP contribution in [0.25, 0.3) is 0 Å². The zero-order chi connectivity index (χ0) is 32.8. The number of hydrogen-bond donors (Lipinski definition) is 0. The number of carbonyl (C=O) groups excluding carboxylic acids is 4. The lowest BCUT2D eigenvalue weighted by molar-refractivity contribution is -0.139. The molecule has 45 heavy (non-hydrogen) atoms. The van der Waals surface area contributed by atoms with Crippen molar-refractivity contribution in [2.24, 2.45) is 0 Å². The Labute approximate surface area is 261 Å². The minimum atomic E-state index is -0.580. The monoisotopic (exact) mass is 614 g/mol. The summed E-state index contributed by atoms with van der Waals surface area (Å²) in [7, 11) is 0. The minimum Gasteiger partial charge on any atom is -0.493 e. The van der Waals surface area contributed by atoms with E-state index in [0.717, 1.165) is 0 Å². The lowest BCUT2D eigenvalue weighted by Crippen LogP contribution is -2.11. The largest absolute Gasteiger partial charge is 0.493 e. The molecule has 3 aromatic carbocycles. The molecular weight excluding hydrogens is 580 g/mol. The fourth-order valence-corrected chi connectivity index (χ4v) is 3.43. The first kappa shape index (κ1) is 33.9. The van der Waals surface area contributed by atoms with Crippen LogP contribution in [0.4, 0.5) is 0 Å². The predicted octanol–water partition coefficient (Wildman–Crippen LogP) is 6.33. The first-order valence-corrected chi connectivity index (χ1v) is 13.9. The highest BCUT2D eigenvalue weighted by Gasteiger charge is 2.14. The van der Waals surface area contributed by atoms with Crippen molar-refractivity contribution in [2.75, 3.05) is 19.8 Å². The third-order valence-corrected chi connectivity index (χ3v) is 5.84. The van der Waals surface area contributed by atoms with Gasteiger partial charge in [0.2, 0.25) is 0 Å². The third kappa shape index (κ3) is 11.2. The van der Waals surface area contributed by atoms with Crippen molar-refractivity contribution in [3.05, 3.63) is 120 Å². The van der Waals surface area contributed by atoms with Crippen LogP contribution in [0.15, 0.2) is 103 Å². The highest BCUT2D eigenvalue weighted by molar-refractivity contribution is 5.92. The zero-order valence-electron chi connectivity index (χ0n) is 25.3. The van der Waals surface area contributed by atoms with Gasteiger partial charge in [-0.3, -0.25) is 0 Å². The number of aryl methyl sites for hydroxylation is 1. The van der Waals surface area contributed by atoms with E-state index in [-0.39, 0.29) is 19.0 Å². The van der Waals surface area contributed by atoms with E-state index < -0.39 is 23.9 Å². The molecule has 0 aromatic heterocycles. The first-order chi connectivity index (χ1) is 21.5.